The predicted octanol–water partition coefficient (Wildman–Crippen LogP) is 1.69. The third-order valence-electron chi connectivity index (χ3n) is 5.29. The van der Waals surface area contributed by atoms with Gasteiger partial charge in [-0.2, -0.15) is 0 Å². The van der Waals surface area contributed by atoms with Crippen molar-refractivity contribution in [2.24, 2.45) is 0 Å². The van der Waals surface area contributed by atoms with E-state index in [1.165, 1.54) is 0 Å². The van der Waals surface area contributed by atoms with Crippen LogP contribution in [0.5, 0.6) is 11.5 Å². The van der Waals surface area contributed by atoms with E-state index >= 15 is 0 Å². The largest absolute Gasteiger partial charge is 0.509 e. The van der Waals surface area contributed by atoms with E-state index in [2.05, 4.69) is 22.1 Å². The van der Waals surface area contributed by atoms with E-state index in [1.54, 1.807) is 7.11 Å². The first-order valence-electron chi connectivity index (χ1n) is 9.06. The molecule has 7 nitrogen and oxygen atoms in total. The Labute approximate surface area is 155 Å². The number of methoxy groups -OCH3 is 1. The molecular weight excluding hydrogens is 344 g/mol. The van der Waals surface area contributed by atoms with Gasteiger partial charge in [0.2, 0.25) is 0 Å². The molecule has 27 heavy (non-hydrogen) atoms. The molecule has 0 radical (unpaired) electrons. The van der Waals surface area contributed by atoms with Gasteiger partial charge in [-0.3, -0.25) is 5.41 Å². The molecule has 138 valence electrons. The van der Waals surface area contributed by atoms with Crippen LogP contribution in [-0.4, -0.2) is 40.7 Å². The van der Waals surface area contributed by atoms with Crippen LogP contribution in [0, 0.1) is 5.41 Å². The van der Waals surface area contributed by atoms with E-state index in [9.17, 15) is 5.11 Å². The van der Waals surface area contributed by atoms with Crippen molar-refractivity contribution in [3.05, 3.63) is 40.5 Å². The fourth-order valence-corrected chi connectivity index (χ4v) is 3.97. The maximum atomic E-state index is 11.0. The number of amidine groups is 1. The quantitative estimate of drug-likeness (QED) is 0.754. The maximum Gasteiger partial charge on any atom is 0.145 e. The van der Waals surface area contributed by atoms with Crippen LogP contribution < -0.4 is 25.1 Å². The lowest BCUT2D eigenvalue weighted by Gasteiger charge is -2.25. The zero-order valence-corrected chi connectivity index (χ0v) is 15.0. The summed E-state index contributed by atoms with van der Waals surface area (Å²) in [7, 11) is 1.60. The van der Waals surface area contributed by atoms with Gasteiger partial charge in [0.15, 0.2) is 0 Å². The summed E-state index contributed by atoms with van der Waals surface area (Å²) in [4.78, 5) is 9.70. The Morgan fingerprint density at radius 3 is 3.00 bits per heavy atom. The summed E-state index contributed by atoms with van der Waals surface area (Å²) in [5.41, 5.74) is 1.17. The summed E-state index contributed by atoms with van der Waals surface area (Å²) < 4.78 is 11.2. The molecular formula is C20H20N4O3. The van der Waals surface area contributed by atoms with E-state index < -0.39 is 0 Å². The highest BCUT2D eigenvalue weighted by Crippen LogP contribution is 2.43. The van der Waals surface area contributed by atoms with E-state index in [1.807, 2.05) is 23.1 Å². The van der Waals surface area contributed by atoms with Gasteiger partial charge < -0.3 is 24.5 Å². The number of nitrogens with one attached hydrogen (secondary N) is 2. The number of hydrogen-bond acceptors (Lipinski definition) is 5. The fraction of sp³-hybridized carbons (Fsp3) is 0.300. The number of fused-ring (bicyclic) bond motifs is 4. The number of aromatic amines is 1. The van der Waals surface area contributed by atoms with Crippen LogP contribution in [0.2, 0.25) is 0 Å². The number of benzene rings is 1. The minimum atomic E-state index is -0.351. The highest BCUT2D eigenvalue weighted by Gasteiger charge is 2.42. The lowest BCUT2D eigenvalue weighted by molar-refractivity contribution is 0.296. The van der Waals surface area contributed by atoms with Gasteiger partial charge in [0.1, 0.15) is 28.9 Å². The number of nitrogens with zero attached hydrogens (tertiary/aromatic N) is 2. The number of ether oxygens (including phenoxy) is 2. The highest BCUT2D eigenvalue weighted by atomic mass is 16.5. The van der Waals surface area contributed by atoms with E-state index in [0.717, 1.165) is 29.2 Å². The Kier molecular flexibility index (Phi) is 3.50. The highest BCUT2D eigenvalue weighted by molar-refractivity contribution is 6.31. The molecule has 3 N–H and O–H groups in total. The van der Waals surface area contributed by atoms with Crippen LogP contribution >= 0.6 is 0 Å². The summed E-state index contributed by atoms with van der Waals surface area (Å²) in [6.07, 6.45) is 6.69. The summed E-state index contributed by atoms with van der Waals surface area (Å²) in [6, 6.07) is 5.16. The van der Waals surface area contributed by atoms with Crippen molar-refractivity contribution in [3.8, 4) is 11.5 Å². The van der Waals surface area contributed by atoms with Crippen LogP contribution in [0.25, 0.3) is 17.7 Å². The van der Waals surface area contributed by atoms with Gasteiger partial charge in [-0.1, -0.05) is 12.2 Å². The molecule has 0 saturated heterocycles. The third-order valence-corrected chi connectivity index (χ3v) is 5.29. The first-order chi connectivity index (χ1) is 13.2. The molecule has 0 spiro atoms. The van der Waals surface area contributed by atoms with Crippen LogP contribution in [-0.2, 0) is 0 Å². The van der Waals surface area contributed by atoms with Crippen LogP contribution in [0.1, 0.15) is 25.1 Å². The Hall–Kier alpha value is -3.22. The number of H-pyrrole nitrogens is 1. The average molecular weight is 364 g/mol. The third kappa shape index (κ3) is 2.34. The molecule has 2 aromatic rings. The molecule has 1 aromatic carbocycles. The minimum absolute atomic E-state index is 0.158. The predicted molar refractivity (Wildman–Crippen MR) is 103 cm³/mol. The molecule has 0 saturated carbocycles. The van der Waals surface area contributed by atoms with Crippen LogP contribution in [0.4, 0.5) is 5.69 Å². The minimum Gasteiger partial charge on any atom is -0.509 e. The first kappa shape index (κ1) is 16.0. The standard InChI is InChI=1S/C20H20N4O3/c1-26-11-6-7-16-15(10-11)24-14(8-9-27-16)18(25)17(19(24)21)20-22-12-4-2-3-5-13(12)23-20/h4-7,10,14,21,25H,2-3,8-9H2,1H3,(H,22,23). The molecule has 3 aliphatic rings. The molecule has 1 aromatic heterocycles. The van der Waals surface area contributed by atoms with Crippen molar-refractivity contribution in [2.75, 3.05) is 18.6 Å². The monoisotopic (exact) mass is 364 g/mol. The SMILES string of the molecule is COc1ccc2c(c1)N1C(=N)C(c3nc4c([nH]3)=CCCC=4)=C(O)C1CCO2. The van der Waals surface area contributed by atoms with Crippen molar-refractivity contribution in [3.63, 3.8) is 0 Å². The number of hydrogen-bond donors (Lipinski definition) is 3. The lowest BCUT2D eigenvalue weighted by Crippen LogP contribution is -2.35. The molecule has 1 atom stereocenters. The molecule has 2 aliphatic heterocycles. The second-order valence-electron chi connectivity index (χ2n) is 6.84. The molecule has 1 unspecified atom stereocenters. The normalized spacial score (nSPS) is 20.7. The van der Waals surface area contributed by atoms with Crippen molar-refractivity contribution >= 4 is 29.2 Å². The van der Waals surface area contributed by atoms with E-state index in [0.29, 0.717) is 35.9 Å². The molecule has 0 amide bonds. The topological polar surface area (TPSA) is 94.5 Å². The van der Waals surface area contributed by atoms with Crippen LogP contribution in [0.15, 0.2) is 24.0 Å². The zero-order chi connectivity index (χ0) is 18.5. The number of imidazole rings is 1. The Balaban J connectivity index is 1.64. The Morgan fingerprint density at radius 1 is 1.33 bits per heavy atom. The van der Waals surface area contributed by atoms with Crippen molar-refractivity contribution in [1.29, 1.82) is 5.41 Å². The Morgan fingerprint density at radius 2 is 2.19 bits per heavy atom. The summed E-state index contributed by atoms with van der Waals surface area (Å²) in [5.74, 6) is 2.26. The van der Waals surface area contributed by atoms with Gasteiger partial charge >= 0.3 is 0 Å². The summed E-state index contributed by atoms with van der Waals surface area (Å²) >= 11 is 0. The van der Waals surface area contributed by atoms with Gasteiger partial charge in [0.05, 0.1) is 41.7 Å². The number of aliphatic hydroxyl groups excluding tert-OH is 1. The van der Waals surface area contributed by atoms with Gasteiger partial charge in [-0.15, -0.1) is 0 Å². The van der Waals surface area contributed by atoms with Crippen LogP contribution in [0.3, 0.4) is 0 Å². The van der Waals surface area contributed by atoms with Crippen molar-refractivity contribution < 1.29 is 14.6 Å². The first-order valence-corrected chi connectivity index (χ1v) is 9.06. The second-order valence-corrected chi connectivity index (χ2v) is 6.84. The smallest absolute Gasteiger partial charge is 0.145 e. The van der Waals surface area contributed by atoms with Gasteiger partial charge in [-0.05, 0) is 25.0 Å². The van der Waals surface area contributed by atoms with E-state index in [4.69, 9.17) is 14.9 Å². The molecule has 3 heterocycles. The Bertz CT molecular complexity index is 1070. The van der Waals surface area contributed by atoms with E-state index in [-0.39, 0.29) is 17.6 Å². The molecule has 1 aliphatic carbocycles. The molecule has 7 heteroatoms. The molecule has 0 bridgehead atoms. The lowest BCUT2D eigenvalue weighted by atomic mass is 10.1. The van der Waals surface area contributed by atoms with Crippen molar-refractivity contribution in [1.82, 2.24) is 9.97 Å². The summed E-state index contributed by atoms with van der Waals surface area (Å²) in [6.45, 7) is 0.460. The number of rotatable bonds is 2. The summed E-state index contributed by atoms with van der Waals surface area (Å²) in [5, 5.41) is 21.6. The maximum absolute atomic E-state index is 11.0. The second kappa shape index (κ2) is 5.90. The van der Waals surface area contributed by atoms with Gasteiger partial charge in [0, 0.05) is 12.5 Å². The molecule has 0 fully saturated rings. The molecule has 5 rings (SSSR count). The average Bonchev–Trinajstić information content (AvgIpc) is 3.13. The zero-order valence-electron chi connectivity index (χ0n) is 15.0. The number of aromatic nitrogens is 2. The fourth-order valence-electron chi connectivity index (χ4n) is 3.97. The number of aliphatic hydroxyl groups is 1. The van der Waals surface area contributed by atoms with Crippen molar-refractivity contribution in [2.45, 2.75) is 25.3 Å². The van der Waals surface area contributed by atoms with Gasteiger partial charge in [-0.25, -0.2) is 4.98 Å². The number of anilines is 1. The van der Waals surface area contributed by atoms with Gasteiger partial charge in [0.25, 0.3) is 0 Å².